The first-order valence-electron chi connectivity index (χ1n) is 6.54. The minimum Gasteiger partial charge on any atom is -0.354 e. The average Bonchev–Trinajstić information content (AvgIpc) is 2.64. The third-order valence-electron chi connectivity index (χ3n) is 3.28. The van der Waals surface area contributed by atoms with E-state index in [0.29, 0.717) is 38.0 Å². The minimum absolute atomic E-state index is 0.0547. The van der Waals surface area contributed by atoms with Crippen LogP contribution in [0.4, 0.5) is 8.78 Å². The molecule has 1 aromatic rings. The van der Waals surface area contributed by atoms with Gasteiger partial charge in [0.1, 0.15) is 0 Å². The number of amides is 2. The van der Waals surface area contributed by atoms with Gasteiger partial charge in [0, 0.05) is 32.5 Å². The van der Waals surface area contributed by atoms with Crippen molar-refractivity contribution in [3.63, 3.8) is 0 Å². The molecule has 1 saturated heterocycles. The van der Waals surface area contributed by atoms with Gasteiger partial charge in [-0.3, -0.25) is 9.59 Å². The molecule has 0 aromatic heterocycles. The van der Waals surface area contributed by atoms with Gasteiger partial charge in [-0.25, -0.2) is 8.78 Å². The predicted octanol–water partition coefficient (Wildman–Crippen LogP) is 1.25. The van der Waals surface area contributed by atoms with Crippen LogP contribution in [0.1, 0.15) is 18.4 Å². The van der Waals surface area contributed by atoms with Crippen LogP contribution in [0.2, 0.25) is 0 Å². The fourth-order valence-electron chi connectivity index (χ4n) is 2.12. The molecule has 4 nitrogen and oxygen atoms in total. The lowest BCUT2D eigenvalue weighted by Crippen LogP contribution is -2.34. The molecule has 0 atom stereocenters. The van der Waals surface area contributed by atoms with Crippen LogP contribution in [0, 0.1) is 11.6 Å². The number of carbonyl (C=O) groups is 2. The molecular formula is C14H16F2N2O2. The van der Waals surface area contributed by atoms with Crippen LogP contribution in [-0.2, 0) is 16.0 Å². The Morgan fingerprint density at radius 3 is 2.80 bits per heavy atom. The maximum atomic E-state index is 13.0. The fourth-order valence-corrected chi connectivity index (χ4v) is 2.12. The Hall–Kier alpha value is -1.98. The van der Waals surface area contributed by atoms with Crippen molar-refractivity contribution in [1.82, 2.24) is 10.2 Å². The van der Waals surface area contributed by atoms with E-state index in [2.05, 4.69) is 5.32 Å². The number of benzene rings is 1. The van der Waals surface area contributed by atoms with Crippen LogP contribution in [0.15, 0.2) is 18.2 Å². The van der Waals surface area contributed by atoms with Crippen molar-refractivity contribution in [1.29, 1.82) is 0 Å². The second kappa shape index (κ2) is 6.45. The summed E-state index contributed by atoms with van der Waals surface area (Å²) in [6.07, 6.45) is 0.879. The van der Waals surface area contributed by atoms with Crippen molar-refractivity contribution >= 4 is 11.8 Å². The van der Waals surface area contributed by atoms with Gasteiger partial charge in [0.25, 0.3) is 0 Å². The van der Waals surface area contributed by atoms with Crippen LogP contribution in [0.25, 0.3) is 0 Å². The molecule has 2 amide bonds. The van der Waals surface area contributed by atoms with Gasteiger partial charge in [-0.2, -0.15) is 0 Å². The van der Waals surface area contributed by atoms with Crippen LogP contribution in [0.3, 0.4) is 0 Å². The normalized spacial score (nSPS) is 15.7. The minimum atomic E-state index is -0.903. The third kappa shape index (κ3) is 3.76. The van der Waals surface area contributed by atoms with Crippen LogP contribution in [0.5, 0.6) is 0 Å². The summed E-state index contributed by atoms with van der Waals surface area (Å²) >= 11 is 0. The second-order valence-electron chi connectivity index (χ2n) is 4.73. The lowest BCUT2D eigenvalue weighted by atomic mass is 10.1. The van der Waals surface area contributed by atoms with Gasteiger partial charge in [-0.1, -0.05) is 6.07 Å². The van der Waals surface area contributed by atoms with Crippen molar-refractivity contribution in [3.8, 4) is 0 Å². The van der Waals surface area contributed by atoms with Crippen molar-refractivity contribution < 1.29 is 18.4 Å². The molecule has 0 bridgehead atoms. The zero-order chi connectivity index (χ0) is 14.5. The molecule has 108 valence electrons. The highest BCUT2D eigenvalue weighted by Gasteiger charge is 2.18. The van der Waals surface area contributed by atoms with Gasteiger partial charge in [-0.05, 0) is 24.1 Å². The summed E-state index contributed by atoms with van der Waals surface area (Å²) in [5.41, 5.74) is 0.585. The van der Waals surface area contributed by atoms with E-state index < -0.39 is 11.6 Å². The Kier molecular flexibility index (Phi) is 4.65. The summed E-state index contributed by atoms with van der Waals surface area (Å²) in [7, 11) is 0. The number of nitrogens with one attached hydrogen (secondary N) is 1. The number of hydrogen-bond acceptors (Lipinski definition) is 2. The average molecular weight is 282 g/mol. The molecule has 0 unspecified atom stereocenters. The third-order valence-corrected chi connectivity index (χ3v) is 3.28. The van der Waals surface area contributed by atoms with Crippen LogP contribution < -0.4 is 5.32 Å². The summed E-state index contributed by atoms with van der Waals surface area (Å²) in [5, 5.41) is 2.69. The van der Waals surface area contributed by atoms with Crippen LogP contribution >= 0.6 is 0 Å². The number of rotatable bonds is 3. The highest BCUT2D eigenvalue weighted by atomic mass is 19.2. The Morgan fingerprint density at radius 1 is 1.25 bits per heavy atom. The lowest BCUT2D eigenvalue weighted by molar-refractivity contribution is -0.131. The second-order valence-corrected chi connectivity index (χ2v) is 4.73. The standard InChI is InChI=1S/C14H16F2N2O2/c15-11-3-1-10(9-12(11)16)2-4-14(20)18-7-5-13(19)17-6-8-18/h1,3,9H,2,4-8H2,(H,17,19). The molecule has 1 aromatic carbocycles. The summed E-state index contributed by atoms with van der Waals surface area (Å²) in [4.78, 5) is 24.8. The molecule has 1 heterocycles. The van der Waals surface area contributed by atoms with Crippen molar-refractivity contribution in [2.24, 2.45) is 0 Å². The molecule has 0 aliphatic carbocycles. The van der Waals surface area contributed by atoms with Crippen molar-refractivity contribution in [2.45, 2.75) is 19.3 Å². The van der Waals surface area contributed by atoms with E-state index >= 15 is 0 Å². The van der Waals surface area contributed by atoms with Crippen molar-refractivity contribution in [3.05, 3.63) is 35.4 Å². The monoisotopic (exact) mass is 282 g/mol. The van der Waals surface area contributed by atoms with E-state index in [1.807, 2.05) is 0 Å². The summed E-state index contributed by atoms with van der Waals surface area (Å²) in [6.45, 7) is 1.35. The zero-order valence-electron chi connectivity index (χ0n) is 11.0. The van der Waals surface area contributed by atoms with Gasteiger partial charge in [0.15, 0.2) is 11.6 Å². The predicted molar refractivity (Wildman–Crippen MR) is 68.9 cm³/mol. The van der Waals surface area contributed by atoms with E-state index in [1.54, 1.807) is 4.90 Å². The van der Waals surface area contributed by atoms with Gasteiger partial charge in [0.05, 0.1) is 0 Å². The highest BCUT2D eigenvalue weighted by molar-refractivity contribution is 5.80. The molecule has 20 heavy (non-hydrogen) atoms. The number of carbonyl (C=O) groups excluding carboxylic acids is 2. The van der Waals surface area contributed by atoms with Gasteiger partial charge in [-0.15, -0.1) is 0 Å². The highest BCUT2D eigenvalue weighted by Crippen LogP contribution is 2.11. The van der Waals surface area contributed by atoms with E-state index in [0.717, 1.165) is 12.1 Å². The van der Waals surface area contributed by atoms with Crippen molar-refractivity contribution in [2.75, 3.05) is 19.6 Å². The van der Waals surface area contributed by atoms with Gasteiger partial charge >= 0.3 is 0 Å². The molecule has 1 aliphatic heterocycles. The first-order chi connectivity index (χ1) is 9.56. The molecule has 2 rings (SSSR count). The summed E-state index contributed by atoms with van der Waals surface area (Å²) in [6, 6.07) is 3.64. The first-order valence-corrected chi connectivity index (χ1v) is 6.54. The Morgan fingerprint density at radius 2 is 2.05 bits per heavy atom. The number of halogens is 2. The number of hydrogen-bond donors (Lipinski definition) is 1. The molecule has 1 fully saturated rings. The zero-order valence-corrected chi connectivity index (χ0v) is 11.0. The smallest absolute Gasteiger partial charge is 0.222 e. The molecule has 0 spiro atoms. The Bertz CT molecular complexity index is 520. The molecule has 6 heteroatoms. The van der Waals surface area contributed by atoms with Crippen LogP contribution in [-0.4, -0.2) is 36.3 Å². The number of aryl methyl sites for hydroxylation is 1. The van der Waals surface area contributed by atoms with E-state index in [-0.39, 0.29) is 18.2 Å². The maximum Gasteiger partial charge on any atom is 0.222 e. The first kappa shape index (κ1) is 14.4. The van der Waals surface area contributed by atoms with E-state index in [4.69, 9.17) is 0 Å². The molecule has 0 saturated carbocycles. The van der Waals surface area contributed by atoms with Gasteiger partial charge < -0.3 is 10.2 Å². The quantitative estimate of drug-likeness (QED) is 0.907. The topological polar surface area (TPSA) is 49.4 Å². The molecule has 0 radical (unpaired) electrons. The van der Waals surface area contributed by atoms with E-state index in [9.17, 15) is 18.4 Å². The maximum absolute atomic E-state index is 13.0. The van der Waals surface area contributed by atoms with E-state index in [1.165, 1.54) is 6.07 Å². The lowest BCUT2D eigenvalue weighted by Gasteiger charge is -2.19. The molecular weight excluding hydrogens is 266 g/mol. The molecule has 1 aliphatic rings. The number of nitrogens with zero attached hydrogens (tertiary/aromatic N) is 1. The van der Waals surface area contributed by atoms with Gasteiger partial charge in [0.2, 0.25) is 11.8 Å². The largest absolute Gasteiger partial charge is 0.354 e. The fraction of sp³-hybridized carbons (Fsp3) is 0.429. The Balaban J connectivity index is 1.88. The SMILES string of the molecule is O=C1CCN(C(=O)CCc2ccc(F)c(F)c2)CCN1. The Labute approximate surface area is 115 Å². The molecule has 1 N–H and O–H groups in total. The summed E-state index contributed by atoms with van der Waals surface area (Å²) < 4.78 is 25.8. The summed E-state index contributed by atoms with van der Waals surface area (Å²) in [5.74, 6) is -1.93.